The fourth-order valence-electron chi connectivity index (χ4n) is 11.0. The van der Waals surface area contributed by atoms with E-state index in [4.69, 9.17) is 18.9 Å². The van der Waals surface area contributed by atoms with Crippen LogP contribution in [0.4, 0.5) is 0 Å². The molecular weight excluding hydrogens is 504 g/mol. The fraction of sp³-hybridized carbons (Fsp3) is 0.853. The largest absolute Gasteiger partial charge is 0.392 e. The van der Waals surface area contributed by atoms with Crippen molar-refractivity contribution in [2.24, 2.45) is 34.5 Å². The van der Waals surface area contributed by atoms with Crippen LogP contribution in [0.15, 0.2) is 23.3 Å². The predicted molar refractivity (Wildman–Crippen MR) is 151 cm³/mol. The molecule has 0 amide bonds. The first-order valence-corrected chi connectivity index (χ1v) is 16.4. The molecule has 2 aliphatic heterocycles. The number of ether oxygens (including phenoxy) is 4. The zero-order valence-corrected chi connectivity index (χ0v) is 24.8. The first kappa shape index (κ1) is 27.8. The van der Waals surface area contributed by atoms with Gasteiger partial charge in [-0.2, -0.15) is 0 Å². The highest BCUT2D eigenvalue weighted by molar-refractivity contribution is 5.84. The summed E-state index contributed by atoms with van der Waals surface area (Å²) in [5, 5.41) is 10.7. The molecule has 2 heterocycles. The molecule has 6 fully saturated rings. The lowest BCUT2D eigenvalue weighted by atomic mass is 9.58. The molecule has 8 rings (SSSR count). The average Bonchev–Trinajstić information content (AvgIpc) is 3.75. The Hall–Kier alpha value is -1.05. The molecule has 2 spiro atoms. The number of ketones is 1. The molecule has 0 radical (unpaired) electrons. The molecule has 40 heavy (non-hydrogen) atoms. The van der Waals surface area contributed by atoms with Gasteiger partial charge in [0.2, 0.25) is 0 Å². The molecule has 8 aliphatic rings. The summed E-state index contributed by atoms with van der Waals surface area (Å²) in [4.78, 5) is 12.7. The maximum Gasteiger partial charge on any atom is 0.172 e. The molecule has 1 N–H and O–H groups in total. The molecule has 4 saturated carbocycles. The normalized spacial score (nSPS) is 47.5. The maximum atomic E-state index is 12.7. The number of carbonyl (C=O) groups is 1. The van der Waals surface area contributed by atoms with Crippen molar-refractivity contribution >= 4 is 5.78 Å². The van der Waals surface area contributed by atoms with Crippen molar-refractivity contribution < 1.29 is 28.8 Å². The lowest BCUT2D eigenvalue weighted by Crippen LogP contribution is -2.51. The second-order valence-electron chi connectivity index (χ2n) is 14.7. The van der Waals surface area contributed by atoms with Crippen LogP contribution in [0.2, 0.25) is 0 Å². The topological polar surface area (TPSA) is 74.2 Å². The van der Waals surface area contributed by atoms with Crippen molar-refractivity contribution in [3.8, 4) is 0 Å². The Morgan fingerprint density at radius 3 is 1.93 bits per heavy atom. The number of hydrogen-bond donors (Lipinski definition) is 1. The van der Waals surface area contributed by atoms with Crippen molar-refractivity contribution in [3.63, 3.8) is 0 Å². The molecular formula is C34H50O6. The van der Waals surface area contributed by atoms with Gasteiger partial charge >= 0.3 is 0 Å². The van der Waals surface area contributed by atoms with Crippen LogP contribution < -0.4 is 0 Å². The minimum atomic E-state index is -0.431. The van der Waals surface area contributed by atoms with E-state index in [1.54, 1.807) is 0 Å². The van der Waals surface area contributed by atoms with E-state index < -0.39 is 5.79 Å². The highest BCUT2D eigenvalue weighted by atomic mass is 16.7. The highest BCUT2D eigenvalue weighted by Crippen LogP contribution is 2.65. The second kappa shape index (κ2) is 10.3. The summed E-state index contributed by atoms with van der Waals surface area (Å²) in [7, 11) is 0. The van der Waals surface area contributed by atoms with E-state index >= 15 is 0 Å². The Balaban J connectivity index is 0.000000132. The van der Waals surface area contributed by atoms with Gasteiger partial charge in [0, 0.05) is 37.0 Å². The Bertz CT molecular complexity index is 1050. The average molecular weight is 555 g/mol. The van der Waals surface area contributed by atoms with E-state index in [0.29, 0.717) is 48.6 Å². The monoisotopic (exact) mass is 554 g/mol. The van der Waals surface area contributed by atoms with Gasteiger partial charge in [-0.25, -0.2) is 0 Å². The Labute approximate surface area is 240 Å². The Morgan fingerprint density at radius 2 is 1.27 bits per heavy atom. The summed E-state index contributed by atoms with van der Waals surface area (Å²) in [6, 6.07) is 0. The fourth-order valence-corrected chi connectivity index (χ4v) is 11.0. The van der Waals surface area contributed by atoms with E-state index in [2.05, 4.69) is 26.0 Å². The van der Waals surface area contributed by atoms with E-state index in [9.17, 15) is 9.90 Å². The van der Waals surface area contributed by atoms with Crippen molar-refractivity contribution in [1.82, 2.24) is 0 Å². The van der Waals surface area contributed by atoms with Gasteiger partial charge in [-0.1, -0.05) is 36.1 Å². The summed E-state index contributed by atoms with van der Waals surface area (Å²) >= 11 is 0. The summed E-state index contributed by atoms with van der Waals surface area (Å²) in [5.41, 5.74) is 3.19. The Morgan fingerprint density at radius 1 is 0.725 bits per heavy atom. The molecule has 2 saturated heterocycles. The smallest absolute Gasteiger partial charge is 0.172 e. The van der Waals surface area contributed by atoms with Gasteiger partial charge in [0.15, 0.2) is 11.6 Å². The zero-order chi connectivity index (χ0) is 27.6. The SMILES string of the molecule is C/C1=C/CC23CCCC(C(=O)C1)C2C1(CC3)OCCO1.C/C1=C/CC23CCCC(C2C2(CC3)OCCO2)[C@@H](O)C1. The van der Waals surface area contributed by atoms with Crippen LogP contribution in [0, 0.1) is 34.5 Å². The molecule has 222 valence electrons. The molecule has 6 nitrogen and oxygen atoms in total. The van der Waals surface area contributed by atoms with Crippen molar-refractivity contribution in [3.05, 3.63) is 23.3 Å². The maximum absolute atomic E-state index is 12.7. The number of Topliss-reactive ketones (excluding diaryl/α,β-unsaturated/α-hetero) is 1. The minimum Gasteiger partial charge on any atom is -0.392 e. The third-order valence-electron chi connectivity index (χ3n) is 12.6. The number of carbonyl (C=O) groups excluding carboxylic acids is 1. The molecule has 4 bridgehead atoms. The lowest BCUT2D eigenvalue weighted by Gasteiger charge is -2.50. The van der Waals surface area contributed by atoms with Gasteiger partial charge in [-0.3, -0.25) is 4.79 Å². The number of rotatable bonds is 0. The standard InChI is InChI=1S/C17H26O3.C17H24O3/c2*1-12-4-6-16-5-2-3-13(14(18)11-12)15(16)17(8-7-16)19-9-10-20-17/h4,13-15,18H,2-3,5-11H2,1H3;4,13,15H,2-3,5-11H2,1H3/b2*12-4-/t13?,14-,15?,16?;/m0./s1. The molecule has 6 unspecified atom stereocenters. The van der Waals surface area contributed by atoms with Gasteiger partial charge < -0.3 is 24.1 Å². The van der Waals surface area contributed by atoms with Crippen LogP contribution >= 0.6 is 0 Å². The summed E-state index contributed by atoms with van der Waals surface area (Å²) in [6.07, 6.45) is 19.7. The molecule has 7 atom stereocenters. The lowest BCUT2D eigenvalue weighted by molar-refractivity contribution is -0.224. The van der Waals surface area contributed by atoms with Crippen LogP contribution in [0.1, 0.15) is 104 Å². The molecule has 6 aliphatic carbocycles. The molecule has 0 aromatic rings. The third-order valence-corrected chi connectivity index (χ3v) is 12.6. The Kier molecular flexibility index (Phi) is 7.14. The zero-order valence-electron chi connectivity index (χ0n) is 24.8. The van der Waals surface area contributed by atoms with Gasteiger partial charge in [0.1, 0.15) is 5.78 Å². The van der Waals surface area contributed by atoms with Gasteiger partial charge in [-0.05, 0) is 88.4 Å². The van der Waals surface area contributed by atoms with Gasteiger partial charge in [0.05, 0.1) is 32.5 Å². The van der Waals surface area contributed by atoms with Crippen LogP contribution in [0.3, 0.4) is 0 Å². The molecule has 0 aromatic heterocycles. The summed E-state index contributed by atoms with van der Waals surface area (Å²) in [6.45, 7) is 7.13. The summed E-state index contributed by atoms with van der Waals surface area (Å²) < 4.78 is 24.4. The predicted octanol–water partition coefficient (Wildman–Crippen LogP) is 6.26. The van der Waals surface area contributed by atoms with E-state index in [-0.39, 0.29) is 23.2 Å². The number of allylic oxidation sites excluding steroid dienone is 3. The van der Waals surface area contributed by atoms with Crippen molar-refractivity contribution in [2.45, 2.75) is 121 Å². The van der Waals surface area contributed by atoms with Crippen molar-refractivity contribution in [2.75, 3.05) is 26.4 Å². The number of hydrogen-bond acceptors (Lipinski definition) is 6. The minimum absolute atomic E-state index is 0.160. The first-order chi connectivity index (χ1) is 19.3. The highest BCUT2D eigenvalue weighted by Gasteiger charge is 2.65. The quantitative estimate of drug-likeness (QED) is 0.356. The van der Waals surface area contributed by atoms with Crippen LogP contribution in [-0.2, 0) is 23.7 Å². The summed E-state index contributed by atoms with van der Waals surface area (Å²) in [5.74, 6) is 0.827. The van der Waals surface area contributed by atoms with Crippen LogP contribution in [0.5, 0.6) is 0 Å². The molecule has 6 heteroatoms. The van der Waals surface area contributed by atoms with Gasteiger partial charge in [-0.15, -0.1) is 0 Å². The van der Waals surface area contributed by atoms with E-state index in [1.807, 2.05) is 0 Å². The molecule has 0 aromatic carbocycles. The van der Waals surface area contributed by atoms with Crippen LogP contribution in [0.25, 0.3) is 0 Å². The van der Waals surface area contributed by atoms with Gasteiger partial charge in [0.25, 0.3) is 0 Å². The number of aliphatic hydroxyl groups excluding tert-OH is 1. The van der Waals surface area contributed by atoms with E-state index in [0.717, 1.165) is 64.6 Å². The first-order valence-electron chi connectivity index (χ1n) is 16.4. The second-order valence-corrected chi connectivity index (χ2v) is 14.7. The van der Waals surface area contributed by atoms with Crippen LogP contribution in [-0.4, -0.2) is 55.0 Å². The third kappa shape index (κ3) is 4.34. The van der Waals surface area contributed by atoms with E-state index in [1.165, 1.54) is 43.3 Å². The van der Waals surface area contributed by atoms with Crippen molar-refractivity contribution in [1.29, 1.82) is 0 Å². The number of aliphatic hydroxyl groups is 1.